The Kier molecular flexibility index (Phi) is 3.48. The average molecular weight is 345 g/mol. The van der Waals surface area contributed by atoms with Crippen LogP contribution in [0.4, 0.5) is 0 Å². The van der Waals surface area contributed by atoms with Crippen LogP contribution < -0.4 is 0 Å². The quantitative estimate of drug-likeness (QED) is 0.411. The van der Waals surface area contributed by atoms with E-state index in [1.165, 1.54) is 21.8 Å². The predicted octanol–water partition coefficient (Wildman–Crippen LogP) is 5.72. The fourth-order valence-electron chi connectivity index (χ4n) is 3.75. The van der Waals surface area contributed by atoms with Gasteiger partial charge in [0, 0.05) is 34.4 Å². The molecule has 0 saturated heterocycles. The van der Waals surface area contributed by atoms with Crippen LogP contribution in [0.5, 0.6) is 0 Å². The Morgan fingerprint density at radius 1 is 0.778 bits per heavy atom. The molecule has 3 nitrogen and oxygen atoms in total. The molecular weight excluding hydrogens is 330 g/mol. The molecule has 0 N–H and O–H groups in total. The number of hydrogen-bond acceptors (Lipinski definition) is 2. The predicted molar refractivity (Wildman–Crippen MR) is 109 cm³/mol. The number of aromatic nitrogens is 2. The van der Waals surface area contributed by atoms with Crippen molar-refractivity contribution in [2.75, 3.05) is 0 Å². The molecule has 0 aliphatic rings. The largest absolute Gasteiger partial charge is 0.309 e. The van der Waals surface area contributed by atoms with Crippen LogP contribution in [0.3, 0.4) is 0 Å². The first-order valence-corrected chi connectivity index (χ1v) is 8.80. The highest BCUT2D eigenvalue weighted by molar-refractivity contribution is 6.09. The van der Waals surface area contributed by atoms with Crippen LogP contribution >= 0.6 is 0 Å². The highest BCUT2D eigenvalue weighted by atomic mass is 15.0. The van der Waals surface area contributed by atoms with Gasteiger partial charge in [0.1, 0.15) is 6.07 Å². The van der Waals surface area contributed by atoms with Crippen molar-refractivity contribution >= 4 is 21.8 Å². The average Bonchev–Trinajstić information content (AvgIpc) is 3.08. The molecule has 0 aliphatic carbocycles. The van der Waals surface area contributed by atoms with E-state index in [9.17, 15) is 5.26 Å². The number of pyridine rings is 1. The maximum atomic E-state index is 9.42. The zero-order valence-corrected chi connectivity index (χ0v) is 14.5. The summed E-state index contributed by atoms with van der Waals surface area (Å²) in [7, 11) is 0. The zero-order valence-electron chi connectivity index (χ0n) is 14.5. The lowest BCUT2D eigenvalue weighted by molar-refractivity contribution is 1.18. The first-order valence-electron chi connectivity index (χ1n) is 8.80. The molecule has 0 atom stereocenters. The van der Waals surface area contributed by atoms with E-state index in [4.69, 9.17) is 0 Å². The third-order valence-electron chi connectivity index (χ3n) is 4.94. The van der Waals surface area contributed by atoms with E-state index in [0.29, 0.717) is 5.56 Å². The lowest BCUT2D eigenvalue weighted by Gasteiger charge is -2.10. The van der Waals surface area contributed by atoms with Crippen molar-refractivity contribution in [2.45, 2.75) is 0 Å². The first kappa shape index (κ1) is 15.4. The first-order chi connectivity index (χ1) is 13.4. The van der Waals surface area contributed by atoms with E-state index in [1.54, 1.807) is 12.4 Å². The Morgan fingerprint density at radius 2 is 1.48 bits per heavy atom. The SMILES string of the molecule is N#Cc1cnccc1-c1cccc(-n2c3ccccc3c3ccccc32)c1. The number of nitriles is 1. The van der Waals surface area contributed by atoms with Crippen LogP contribution in [0, 0.1) is 11.3 Å². The van der Waals surface area contributed by atoms with Crippen molar-refractivity contribution in [1.82, 2.24) is 9.55 Å². The summed E-state index contributed by atoms with van der Waals surface area (Å²) in [5.41, 5.74) is 5.91. The standard InChI is InChI=1S/C24H15N3/c25-15-18-16-26-13-12-20(18)17-6-5-7-19(14-17)27-23-10-3-1-8-21(23)22-9-2-4-11-24(22)27/h1-14,16H. The normalized spacial score (nSPS) is 10.9. The molecule has 0 spiro atoms. The summed E-state index contributed by atoms with van der Waals surface area (Å²) >= 11 is 0. The molecular formula is C24H15N3. The van der Waals surface area contributed by atoms with Crippen LogP contribution in [-0.2, 0) is 0 Å². The number of hydrogen-bond donors (Lipinski definition) is 0. The summed E-state index contributed by atoms with van der Waals surface area (Å²) in [5, 5.41) is 11.9. The van der Waals surface area contributed by atoms with Crippen molar-refractivity contribution in [2.24, 2.45) is 0 Å². The molecule has 5 rings (SSSR count). The summed E-state index contributed by atoms with van der Waals surface area (Å²) in [4.78, 5) is 4.07. The number of nitrogens with zero attached hydrogens (tertiary/aromatic N) is 3. The van der Waals surface area contributed by atoms with Crippen LogP contribution in [0.15, 0.2) is 91.3 Å². The molecule has 3 heteroatoms. The van der Waals surface area contributed by atoms with Gasteiger partial charge in [-0.15, -0.1) is 0 Å². The van der Waals surface area contributed by atoms with E-state index in [2.05, 4.69) is 76.3 Å². The molecule has 0 fully saturated rings. The third kappa shape index (κ3) is 2.39. The minimum atomic E-state index is 0.580. The van der Waals surface area contributed by atoms with Gasteiger partial charge in [0.2, 0.25) is 0 Å². The maximum Gasteiger partial charge on any atom is 0.101 e. The second-order valence-corrected chi connectivity index (χ2v) is 6.45. The Hall–Kier alpha value is -3.90. The van der Waals surface area contributed by atoms with Gasteiger partial charge >= 0.3 is 0 Å². The van der Waals surface area contributed by atoms with E-state index in [1.807, 2.05) is 18.2 Å². The monoisotopic (exact) mass is 345 g/mol. The zero-order chi connectivity index (χ0) is 18.2. The Balaban J connectivity index is 1.81. The lowest BCUT2D eigenvalue weighted by Crippen LogP contribution is -1.94. The smallest absolute Gasteiger partial charge is 0.101 e. The van der Waals surface area contributed by atoms with Gasteiger partial charge in [-0.25, -0.2) is 0 Å². The summed E-state index contributed by atoms with van der Waals surface area (Å²) in [5.74, 6) is 0. The second kappa shape index (κ2) is 6.12. The molecule has 126 valence electrons. The number of benzene rings is 3. The number of rotatable bonds is 2. The van der Waals surface area contributed by atoms with Gasteiger partial charge in [0.05, 0.1) is 16.6 Å². The molecule has 5 aromatic rings. The summed E-state index contributed by atoms with van der Waals surface area (Å²) in [6.45, 7) is 0. The maximum absolute atomic E-state index is 9.42. The van der Waals surface area contributed by atoms with Crippen LogP contribution in [-0.4, -0.2) is 9.55 Å². The van der Waals surface area contributed by atoms with Gasteiger partial charge in [-0.05, 0) is 35.9 Å². The van der Waals surface area contributed by atoms with E-state index >= 15 is 0 Å². The van der Waals surface area contributed by atoms with Gasteiger partial charge in [-0.1, -0.05) is 48.5 Å². The highest BCUT2D eigenvalue weighted by Gasteiger charge is 2.12. The summed E-state index contributed by atoms with van der Waals surface area (Å²) in [6.07, 6.45) is 3.34. The van der Waals surface area contributed by atoms with Gasteiger partial charge in [0.25, 0.3) is 0 Å². The molecule has 0 bridgehead atoms. The van der Waals surface area contributed by atoms with E-state index in [-0.39, 0.29) is 0 Å². The number of para-hydroxylation sites is 2. The summed E-state index contributed by atoms with van der Waals surface area (Å²) < 4.78 is 2.28. The van der Waals surface area contributed by atoms with Crippen molar-refractivity contribution in [1.29, 1.82) is 5.26 Å². The van der Waals surface area contributed by atoms with Crippen molar-refractivity contribution in [3.63, 3.8) is 0 Å². The summed E-state index contributed by atoms with van der Waals surface area (Å²) in [6, 6.07) is 29.3. The van der Waals surface area contributed by atoms with Crippen LogP contribution in [0.2, 0.25) is 0 Å². The molecule has 0 radical (unpaired) electrons. The highest BCUT2D eigenvalue weighted by Crippen LogP contribution is 2.33. The topological polar surface area (TPSA) is 41.6 Å². The minimum absolute atomic E-state index is 0.580. The van der Waals surface area contributed by atoms with Crippen LogP contribution in [0.1, 0.15) is 5.56 Å². The second-order valence-electron chi connectivity index (χ2n) is 6.45. The molecule has 2 heterocycles. The van der Waals surface area contributed by atoms with Gasteiger partial charge in [-0.2, -0.15) is 5.26 Å². The molecule has 0 amide bonds. The van der Waals surface area contributed by atoms with Gasteiger partial charge < -0.3 is 4.57 Å². The number of fused-ring (bicyclic) bond motifs is 3. The third-order valence-corrected chi connectivity index (χ3v) is 4.94. The Morgan fingerprint density at radius 3 is 2.19 bits per heavy atom. The Bertz CT molecular complexity index is 1290. The van der Waals surface area contributed by atoms with Gasteiger partial charge in [0.15, 0.2) is 0 Å². The fourth-order valence-corrected chi connectivity index (χ4v) is 3.75. The van der Waals surface area contributed by atoms with Crippen LogP contribution in [0.25, 0.3) is 38.6 Å². The molecule has 0 aliphatic heterocycles. The fraction of sp³-hybridized carbons (Fsp3) is 0. The molecule has 0 unspecified atom stereocenters. The molecule has 3 aromatic carbocycles. The van der Waals surface area contributed by atoms with Gasteiger partial charge in [-0.3, -0.25) is 4.98 Å². The Labute approximate surface area is 156 Å². The lowest BCUT2D eigenvalue weighted by atomic mass is 10.0. The minimum Gasteiger partial charge on any atom is -0.309 e. The molecule has 2 aromatic heterocycles. The van der Waals surface area contributed by atoms with Crippen molar-refractivity contribution in [3.05, 3.63) is 96.8 Å². The molecule has 27 heavy (non-hydrogen) atoms. The van der Waals surface area contributed by atoms with E-state index < -0.39 is 0 Å². The van der Waals surface area contributed by atoms with Crippen molar-refractivity contribution in [3.8, 4) is 22.9 Å². The van der Waals surface area contributed by atoms with E-state index in [0.717, 1.165) is 16.8 Å². The van der Waals surface area contributed by atoms with Crippen molar-refractivity contribution < 1.29 is 0 Å². The molecule has 0 saturated carbocycles.